The number of hydrazine groups is 1. The number of aryl methyl sites for hydroxylation is 1. The van der Waals surface area contributed by atoms with Gasteiger partial charge < -0.3 is 15.0 Å². The number of carbonyl (C=O) groups excluding carboxylic acids is 5. The zero-order valence-electron chi connectivity index (χ0n) is 19.6. The number of amides is 5. The second-order valence-electron chi connectivity index (χ2n) is 8.77. The third-order valence-corrected chi connectivity index (χ3v) is 7.27. The molecule has 2 aromatic rings. The molecule has 4 rings (SSSR count). The first kappa shape index (κ1) is 24.4. The van der Waals surface area contributed by atoms with E-state index < -0.39 is 47.9 Å². The summed E-state index contributed by atoms with van der Waals surface area (Å²) in [6.07, 6.45) is 0.273. The third-order valence-electron chi connectivity index (χ3n) is 6.32. The topological polar surface area (TPSA) is 125 Å². The van der Waals surface area contributed by atoms with Gasteiger partial charge in [0.1, 0.15) is 5.54 Å². The Labute approximate surface area is 206 Å². The number of carbonyl (C=O) groups is 5. The molecule has 1 aromatic heterocycles. The summed E-state index contributed by atoms with van der Waals surface area (Å²) in [6.45, 7) is 4.53. The van der Waals surface area contributed by atoms with E-state index in [2.05, 4.69) is 10.7 Å². The molecule has 2 aliphatic heterocycles. The Morgan fingerprint density at radius 2 is 1.91 bits per heavy atom. The predicted octanol–water partition coefficient (Wildman–Crippen LogP) is 2.45. The van der Waals surface area contributed by atoms with Crippen LogP contribution in [0.5, 0.6) is 0 Å². The van der Waals surface area contributed by atoms with E-state index in [0.29, 0.717) is 17.1 Å². The van der Waals surface area contributed by atoms with Crippen LogP contribution in [0.3, 0.4) is 0 Å². The summed E-state index contributed by atoms with van der Waals surface area (Å²) >= 11 is 1.42. The van der Waals surface area contributed by atoms with Gasteiger partial charge >= 0.3 is 12.0 Å². The SMILES string of the molecule is CC[C@]1(C)NC(=O)N(NC(=O)COC(=O)[C@@H]2CC(=O)N(c3ccc(C)cc3)[C@@H]2c2cccs2)C1=O. The molecule has 0 unspecified atom stereocenters. The number of hydrogen-bond donors (Lipinski definition) is 2. The lowest BCUT2D eigenvalue weighted by molar-refractivity contribution is -0.154. The molecular weight excluding hydrogens is 472 g/mol. The van der Waals surface area contributed by atoms with E-state index in [1.54, 1.807) is 18.7 Å². The molecule has 3 heterocycles. The molecule has 35 heavy (non-hydrogen) atoms. The molecule has 11 heteroatoms. The van der Waals surface area contributed by atoms with E-state index >= 15 is 0 Å². The van der Waals surface area contributed by atoms with Gasteiger partial charge in [0.15, 0.2) is 6.61 Å². The molecule has 3 atom stereocenters. The van der Waals surface area contributed by atoms with Crippen molar-refractivity contribution in [1.29, 1.82) is 0 Å². The minimum Gasteiger partial charge on any atom is -0.455 e. The average Bonchev–Trinajstić information content (AvgIpc) is 3.53. The second kappa shape index (κ2) is 9.49. The van der Waals surface area contributed by atoms with Crippen molar-refractivity contribution in [2.75, 3.05) is 11.5 Å². The van der Waals surface area contributed by atoms with Crippen molar-refractivity contribution in [3.63, 3.8) is 0 Å². The fourth-order valence-corrected chi connectivity index (χ4v) is 5.05. The number of benzene rings is 1. The Bertz CT molecular complexity index is 1170. The monoisotopic (exact) mass is 498 g/mol. The third kappa shape index (κ3) is 4.63. The maximum Gasteiger partial charge on any atom is 0.344 e. The number of thiophene rings is 1. The zero-order valence-corrected chi connectivity index (χ0v) is 20.4. The first-order chi connectivity index (χ1) is 16.6. The lowest BCUT2D eigenvalue weighted by Crippen LogP contribution is -2.49. The molecular formula is C24H26N4O6S. The zero-order chi connectivity index (χ0) is 25.3. The minimum absolute atomic E-state index is 0.0707. The maximum absolute atomic E-state index is 13.0. The summed E-state index contributed by atoms with van der Waals surface area (Å²) in [5.74, 6) is -3.20. The van der Waals surface area contributed by atoms with E-state index in [0.717, 1.165) is 10.4 Å². The molecule has 0 aliphatic carbocycles. The number of imide groups is 1. The molecule has 0 spiro atoms. The van der Waals surface area contributed by atoms with Gasteiger partial charge in [-0.25, -0.2) is 4.79 Å². The van der Waals surface area contributed by atoms with Crippen LogP contribution in [0, 0.1) is 12.8 Å². The number of ether oxygens (including phenoxy) is 1. The van der Waals surface area contributed by atoms with Gasteiger partial charge in [-0.05, 0) is 43.8 Å². The van der Waals surface area contributed by atoms with Crippen LogP contribution in [0.25, 0.3) is 0 Å². The van der Waals surface area contributed by atoms with Gasteiger partial charge in [0.25, 0.3) is 11.8 Å². The predicted molar refractivity (Wildman–Crippen MR) is 127 cm³/mol. The van der Waals surface area contributed by atoms with Crippen LogP contribution >= 0.6 is 11.3 Å². The Morgan fingerprint density at radius 1 is 1.20 bits per heavy atom. The summed E-state index contributed by atoms with van der Waals surface area (Å²) in [5, 5.41) is 4.97. The van der Waals surface area contributed by atoms with Crippen molar-refractivity contribution in [2.45, 2.75) is 45.2 Å². The van der Waals surface area contributed by atoms with Gasteiger partial charge in [0.05, 0.1) is 12.0 Å². The largest absolute Gasteiger partial charge is 0.455 e. The molecule has 2 N–H and O–H groups in total. The van der Waals surface area contributed by atoms with Gasteiger partial charge in [0.2, 0.25) is 5.91 Å². The van der Waals surface area contributed by atoms with E-state index in [1.807, 2.05) is 48.7 Å². The van der Waals surface area contributed by atoms with Crippen molar-refractivity contribution < 1.29 is 28.7 Å². The van der Waals surface area contributed by atoms with Crippen molar-refractivity contribution in [1.82, 2.24) is 15.8 Å². The van der Waals surface area contributed by atoms with Crippen molar-refractivity contribution in [3.8, 4) is 0 Å². The molecule has 2 fully saturated rings. The normalized spacial score (nSPS) is 24.0. The molecule has 1 aromatic carbocycles. The molecule has 5 amide bonds. The Hall–Kier alpha value is -3.73. The van der Waals surface area contributed by atoms with Gasteiger partial charge in [0, 0.05) is 17.0 Å². The van der Waals surface area contributed by atoms with Gasteiger partial charge in [-0.1, -0.05) is 30.7 Å². The molecule has 10 nitrogen and oxygen atoms in total. The first-order valence-corrected chi connectivity index (χ1v) is 12.1. The summed E-state index contributed by atoms with van der Waals surface area (Å²) in [7, 11) is 0. The number of nitrogens with one attached hydrogen (secondary N) is 2. The molecule has 0 radical (unpaired) electrons. The Balaban J connectivity index is 1.45. The number of hydrogen-bond acceptors (Lipinski definition) is 7. The second-order valence-corrected chi connectivity index (χ2v) is 9.75. The van der Waals surface area contributed by atoms with E-state index in [9.17, 15) is 24.0 Å². The highest BCUT2D eigenvalue weighted by atomic mass is 32.1. The maximum atomic E-state index is 13.0. The summed E-state index contributed by atoms with van der Waals surface area (Å²) in [4.78, 5) is 65.3. The van der Waals surface area contributed by atoms with Gasteiger partial charge in [-0.15, -0.1) is 11.3 Å². The lowest BCUT2D eigenvalue weighted by atomic mass is 9.99. The van der Waals surface area contributed by atoms with Crippen molar-refractivity contribution in [3.05, 3.63) is 52.2 Å². The van der Waals surface area contributed by atoms with Crippen molar-refractivity contribution in [2.24, 2.45) is 5.92 Å². The van der Waals surface area contributed by atoms with E-state index in [-0.39, 0.29) is 12.3 Å². The van der Waals surface area contributed by atoms with Crippen LogP contribution in [0.1, 0.15) is 43.2 Å². The number of anilines is 1. The van der Waals surface area contributed by atoms with Crippen LogP contribution in [-0.2, 0) is 23.9 Å². The van der Waals surface area contributed by atoms with Crippen LogP contribution in [0.4, 0.5) is 10.5 Å². The number of nitrogens with zero attached hydrogens (tertiary/aromatic N) is 2. The standard InChI is InChI=1S/C24H26N4O6S/c1-4-24(3)22(32)28(23(33)25-24)26-18(29)13-34-21(31)16-12-19(30)27(15-9-7-14(2)8-10-15)20(16)17-6-5-11-35-17/h5-11,16,20H,4,12-13H2,1-3H3,(H,25,33)(H,26,29)/t16-,20+,24+/m1/s1. The van der Waals surface area contributed by atoms with Crippen LogP contribution < -0.4 is 15.6 Å². The average molecular weight is 499 g/mol. The molecule has 2 aliphatic rings. The van der Waals surface area contributed by atoms with Crippen LogP contribution in [-0.4, -0.2) is 46.9 Å². The van der Waals surface area contributed by atoms with Gasteiger partial charge in [-0.3, -0.25) is 24.6 Å². The van der Waals surface area contributed by atoms with E-state index in [1.165, 1.54) is 11.3 Å². The summed E-state index contributed by atoms with van der Waals surface area (Å²) < 4.78 is 5.23. The number of rotatable bonds is 7. The van der Waals surface area contributed by atoms with E-state index in [4.69, 9.17) is 4.74 Å². The molecule has 184 valence electrons. The molecule has 0 bridgehead atoms. The highest BCUT2D eigenvalue weighted by Gasteiger charge is 2.48. The highest BCUT2D eigenvalue weighted by molar-refractivity contribution is 7.10. The first-order valence-electron chi connectivity index (χ1n) is 11.2. The molecule has 2 saturated heterocycles. The summed E-state index contributed by atoms with van der Waals surface area (Å²) in [5.41, 5.74) is 2.78. The molecule has 0 saturated carbocycles. The van der Waals surface area contributed by atoms with Gasteiger partial charge in [-0.2, -0.15) is 5.01 Å². The fraction of sp³-hybridized carbons (Fsp3) is 0.375. The quantitative estimate of drug-likeness (QED) is 0.446. The Kier molecular flexibility index (Phi) is 6.62. The van der Waals surface area contributed by atoms with Crippen LogP contribution in [0.15, 0.2) is 41.8 Å². The van der Waals surface area contributed by atoms with Crippen LogP contribution in [0.2, 0.25) is 0 Å². The smallest absolute Gasteiger partial charge is 0.344 e. The van der Waals surface area contributed by atoms with Crippen molar-refractivity contribution >= 4 is 46.7 Å². The highest BCUT2D eigenvalue weighted by Crippen LogP contribution is 2.43. The number of urea groups is 1. The minimum atomic E-state index is -1.11. The fourth-order valence-electron chi connectivity index (χ4n) is 4.17. The lowest BCUT2D eigenvalue weighted by Gasteiger charge is -2.27. The number of esters is 1. The summed E-state index contributed by atoms with van der Waals surface area (Å²) in [6, 6.07) is 9.81. The Morgan fingerprint density at radius 3 is 2.51 bits per heavy atom.